The van der Waals surface area contributed by atoms with Gasteiger partial charge in [0.15, 0.2) is 9.84 Å². The molecule has 1 aromatic carbocycles. The highest BCUT2D eigenvalue weighted by Gasteiger charge is 2.38. The predicted molar refractivity (Wildman–Crippen MR) is 89.2 cm³/mol. The highest BCUT2D eigenvalue weighted by atomic mass is 32.2. The summed E-state index contributed by atoms with van der Waals surface area (Å²) >= 11 is 0. The molecule has 1 amide bonds. The van der Waals surface area contributed by atoms with Crippen LogP contribution in [0.5, 0.6) is 0 Å². The number of nitrogens with zero attached hydrogens (tertiary/aromatic N) is 3. The largest absolute Gasteiger partial charge is 0.334 e. The minimum Gasteiger partial charge on any atom is -0.334 e. The lowest BCUT2D eigenvalue weighted by Crippen LogP contribution is -2.54. The van der Waals surface area contributed by atoms with Crippen LogP contribution in [0.3, 0.4) is 0 Å². The molecule has 0 spiro atoms. The van der Waals surface area contributed by atoms with E-state index in [9.17, 15) is 13.2 Å². The first-order valence-corrected chi connectivity index (χ1v) is 9.39. The van der Waals surface area contributed by atoms with Crippen molar-refractivity contribution < 1.29 is 13.2 Å². The number of aromatic nitrogens is 2. The summed E-state index contributed by atoms with van der Waals surface area (Å²) in [6.45, 7) is 5.63. The Labute approximate surface area is 136 Å². The number of carbonyl (C=O) groups is 1. The number of rotatable bonds is 1. The standard InChI is InChI=1S/C16H21N3O3S/c1-10-11(2)23(21,22)8-7-19(10)16(20)13-5-6-15-14(9-13)17-12(3)18(15)4/h5-6,9-11H,7-8H2,1-4H3. The van der Waals surface area contributed by atoms with Crippen LogP contribution in [0.4, 0.5) is 0 Å². The van der Waals surface area contributed by atoms with Crippen LogP contribution in [0.15, 0.2) is 18.2 Å². The van der Waals surface area contributed by atoms with Crippen molar-refractivity contribution in [2.45, 2.75) is 32.1 Å². The average Bonchev–Trinajstić information content (AvgIpc) is 2.79. The number of sulfone groups is 1. The van der Waals surface area contributed by atoms with Gasteiger partial charge in [0, 0.05) is 25.2 Å². The number of carbonyl (C=O) groups excluding carboxylic acids is 1. The van der Waals surface area contributed by atoms with Crippen LogP contribution >= 0.6 is 0 Å². The molecule has 1 aromatic heterocycles. The molecule has 2 unspecified atom stereocenters. The van der Waals surface area contributed by atoms with E-state index in [1.54, 1.807) is 30.9 Å². The first kappa shape index (κ1) is 16.0. The predicted octanol–water partition coefficient (Wildman–Crippen LogP) is 1.53. The van der Waals surface area contributed by atoms with Crippen molar-refractivity contribution in [3.05, 3.63) is 29.6 Å². The van der Waals surface area contributed by atoms with Gasteiger partial charge in [-0.1, -0.05) is 0 Å². The Morgan fingerprint density at radius 1 is 1.30 bits per heavy atom. The van der Waals surface area contributed by atoms with Gasteiger partial charge in [0.2, 0.25) is 0 Å². The fourth-order valence-corrected chi connectivity index (χ4v) is 4.64. The maximum atomic E-state index is 12.8. The van der Waals surface area contributed by atoms with Crippen molar-refractivity contribution in [3.63, 3.8) is 0 Å². The number of fused-ring (bicyclic) bond motifs is 1. The Kier molecular flexibility index (Phi) is 3.71. The van der Waals surface area contributed by atoms with E-state index in [0.717, 1.165) is 16.9 Å². The fraction of sp³-hybridized carbons (Fsp3) is 0.500. The molecule has 2 aromatic rings. The Morgan fingerprint density at radius 3 is 2.70 bits per heavy atom. The number of amides is 1. The van der Waals surface area contributed by atoms with Crippen molar-refractivity contribution in [3.8, 4) is 0 Å². The van der Waals surface area contributed by atoms with E-state index in [-0.39, 0.29) is 24.2 Å². The molecule has 1 aliphatic heterocycles. The zero-order valence-corrected chi connectivity index (χ0v) is 14.6. The van der Waals surface area contributed by atoms with Gasteiger partial charge in [-0.25, -0.2) is 13.4 Å². The molecule has 0 aliphatic carbocycles. The van der Waals surface area contributed by atoms with Crippen LogP contribution in [0.2, 0.25) is 0 Å². The van der Waals surface area contributed by atoms with Crippen LogP contribution in [-0.2, 0) is 16.9 Å². The summed E-state index contributed by atoms with van der Waals surface area (Å²) in [7, 11) is -1.17. The Hall–Kier alpha value is -1.89. The summed E-state index contributed by atoms with van der Waals surface area (Å²) in [6.07, 6.45) is 0. The summed E-state index contributed by atoms with van der Waals surface area (Å²) in [5.74, 6) is 0.773. The van der Waals surface area contributed by atoms with Gasteiger partial charge in [0.1, 0.15) is 5.82 Å². The molecule has 0 bridgehead atoms. The van der Waals surface area contributed by atoms with Crippen molar-refractivity contribution in [1.29, 1.82) is 0 Å². The Bertz CT molecular complexity index is 885. The van der Waals surface area contributed by atoms with Crippen LogP contribution in [0, 0.1) is 6.92 Å². The molecular weight excluding hydrogens is 314 g/mol. The van der Waals surface area contributed by atoms with E-state index in [2.05, 4.69) is 4.98 Å². The van der Waals surface area contributed by atoms with Gasteiger partial charge in [-0.05, 0) is 39.0 Å². The van der Waals surface area contributed by atoms with E-state index in [4.69, 9.17) is 0 Å². The first-order valence-electron chi connectivity index (χ1n) is 7.68. The minimum atomic E-state index is -3.11. The number of aryl methyl sites for hydroxylation is 2. The molecule has 1 fully saturated rings. The van der Waals surface area contributed by atoms with E-state index in [1.165, 1.54) is 0 Å². The van der Waals surface area contributed by atoms with Gasteiger partial charge >= 0.3 is 0 Å². The third kappa shape index (κ3) is 2.52. The molecule has 0 radical (unpaired) electrons. The molecule has 6 nitrogen and oxygen atoms in total. The molecule has 1 saturated heterocycles. The molecule has 124 valence electrons. The van der Waals surface area contributed by atoms with E-state index >= 15 is 0 Å². The van der Waals surface area contributed by atoms with Crippen molar-refractivity contribution in [2.75, 3.05) is 12.3 Å². The molecule has 0 saturated carbocycles. The summed E-state index contributed by atoms with van der Waals surface area (Å²) in [5, 5.41) is -0.541. The number of hydrogen-bond donors (Lipinski definition) is 0. The maximum Gasteiger partial charge on any atom is 0.254 e. The van der Waals surface area contributed by atoms with E-state index in [0.29, 0.717) is 5.56 Å². The number of benzene rings is 1. The van der Waals surface area contributed by atoms with Gasteiger partial charge < -0.3 is 9.47 Å². The molecule has 7 heteroatoms. The third-order valence-corrected chi connectivity index (χ3v) is 7.24. The molecule has 1 aliphatic rings. The van der Waals surface area contributed by atoms with Crippen molar-refractivity contribution in [2.24, 2.45) is 7.05 Å². The lowest BCUT2D eigenvalue weighted by molar-refractivity contribution is 0.0693. The molecule has 2 atom stereocenters. The Balaban J connectivity index is 1.94. The lowest BCUT2D eigenvalue weighted by atomic mass is 10.1. The van der Waals surface area contributed by atoms with Crippen LogP contribution in [0.1, 0.15) is 30.0 Å². The van der Waals surface area contributed by atoms with Gasteiger partial charge in [-0.3, -0.25) is 4.79 Å². The highest BCUT2D eigenvalue weighted by molar-refractivity contribution is 7.92. The smallest absolute Gasteiger partial charge is 0.254 e. The average molecular weight is 335 g/mol. The van der Waals surface area contributed by atoms with Crippen LogP contribution < -0.4 is 0 Å². The summed E-state index contributed by atoms with van der Waals surface area (Å²) in [6, 6.07) is 5.12. The van der Waals surface area contributed by atoms with Crippen LogP contribution in [-0.4, -0.2) is 52.4 Å². The second-order valence-electron chi connectivity index (χ2n) is 6.23. The molecule has 2 heterocycles. The maximum absolute atomic E-state index is 12.8. The molecule has 23 heavy (non-hydrogen) atoms. The zero-order valence-electron chi connectivity index (χ0n) is 13.8. The molecule has 0 N–H and O–H groups in total. The van der Waals surface area contributed by atoms with Gasteiger partial charge in [-0.15, -0.1) is 0 Å². The van der Waals surface area contributed by atoms with Gasteiger partial charge in [0.25, 0.3) is 5.91 Å². The topological polar surface area (TPSA) is 72.3 Å². The van der Waals surface area contributed by atoms with Gasteiger partial charge in [0.05, 0.1) is 22.0 Å². The summed E-state index contributed by atoms with van der Waals surface area (Å²) < 4.78 is 25.9. The fourth-order valence-electron chi connectivity index (χ4n) is 3.07. The number of hydrogen-bond acceptors (Lipinski definition) is 4. The molecule has 3 rings (SSSR count). The monoisotopic (exact) mass is 335 g/mol. The minimum absolute atomic E-state index is 0.0230. The highest BCUT2D eigenvalue weighted by Crippen LogP contribution is 2.23. The summed E-state index contributed by atoms with van der Waals surface area (Å²) in [5.41, 5.74) is 2.30. The zero-order chi connectivity index (χ0) is 16.9. The van der Waals surface area contributed by atoms with Crippen molar-refractivity contribution >= 4 is 26.8 Å². The SMILES string of the molecule is Cc1nc2cc(C(=O)N3CCS(=O)(=O)C(C)C3C)ccc2n1C. The number of imidazole rings is 1. The third-order valence-electron chi connectivity index (χ3n) is 4.97. The van der Waals surface area contributed by atoms with Crippen LogP contribution in [0.25, 0.3) is 11.0 Å². The van der Waals surface area contributed by atoms with Crippen molar-refractivity contribution in [1.82, 2.24) is 14.5 Å². The normalized spacial score (nSPS) is 24.1. The molecular formula is C16H21N3O3S. The second-order valence-corrected chi connectivity index (χ2v) is 8.71. The van der Waals surface area contributed by atoms with Gasteiger partial charge in [-0.2, -0.15) is 0 Å². The van der Waals surface area contributed by atoms with E-state index < -0.39 is 15.1 Å². The van der Waals surface area contributed by atoms with E-state index in [1.807, 2.05) is 24.6 Å². The second kappa shape index (κ2) is 5.33. The quantitative estimate of drug-likeness (QED) is 0.792. The summed E-state index contributed by atoms with van der Waals surface area (Å²) in [4.78, 5) is 18.9. The lowest BCUT2D eigenvalue weighted by Gasteiger charge is -2.37. The Morgan fingerprint density at radius 2 is 2.00 bits per heavy atom. The first-order chi connectivity index (χ1) is 10.7.